The summed E-state index contributed by atoms with van der Waals surface area (Å²) in [6.45, 7) is 1.01. The van der Waals surface area contributed by atoms with E-state index >= 15 is 0 Å². The highest BCUT2D eigenvalue weighted by Gasteiger charge is 2.27. The van der Waals surface area contributed by atoms with E-state index in [9.17, 15) is 10.1 Å². The number of benzene rings is 1. The van der Waals surface area contributed by atoms with E-state index in [-0.39, 0.29) is 11.2 Å². The number of nitro groups is 1. The second-order valence-electron chi connectivity index (χ2n) is 5.34. The Hall–Kier alpha value is -1.46. The molecule has 0 aliphatic heterocycles. The van der Waals surface area contributed by atoms with Crippen molar-refractivity contribution in [3.8, 4) is 0 Å². The Morgan fingerprint density at radius 3 is 2.42 bits per heavy atom. The summed E-state index contributed by atoms with van der Waals surface area (Å²) in [4.78, 5) is 10.1. The van der Waals surface area contributed by atoms with Gasteiger partial charge in [-0.05, 0) is 30.5 Å². The van der Waals surface area contributed by atoms with Crippen LogP contribution in [0.3, 0.4) is 0 Å². The van der Waals surface area contributed by atoms with Gasteiger partial charge in [0.2, 0.25) is 0 Å². The SMILES string of the molecule is NC1(COCc2ccc([N+](=O)[O-])cc2)CCCCC1. The lowest BCUT2D eigenvalue weighted by atomic mass is 9.83. The fraction of sp³-hybridized carbons (Fsp3) is 0.571. The van der Waals surface area contributed by atoms with Crippen LogP contribution in [0.2, 0.25) is 0 Å². The van der Waals surface area contributed by atoms with Gasteiger partial charge in [-0.2, -0.15) is 0 Å². The van der Waals surface area contributed by atoms with E-state index in [1.165, 1.54) is 31.4 Å². The van der Waals surface area contributed by atoms with Crippen molar-refractivity contribution in [1.82, 2.24) is 0 Å². The Balaban J connectivity index is 1.80. The number of nitrogens with zero attached hydrogens (tertiary/aromatic N) is 1. The lowest BCUT2D eigenvalue weighted by Gasteiger charge is -2.33. The highest BCUT2D eigenvalue weighted by molar-refractivity contribution is 5.32. The van der Waals surface area contributed by atoms with Gasteiger partial charge in [0.1, 0.15) is 0 Å². The van der Waals surface area contributed by atoms with Crippen LogP contribution in [-0.4, -0.2) is 17.1 Å². The standard InChI is InChI=1S/C14H20N2O3/c15-14(8-2-1-3-9-14)11-19-10-12-4-6-13(7-5-12)16(17)18/h4-7H,1-3,8-11,15H2. The second-order valence-corrected chi connectivity index (χ2v) is 5.34. The van der Waals surface area contributed by atoms with Gasteiger partial charge in [0.05, 0.1) is 18.1 Å². The fourth-order valence-electron chi connectivity index (χ4n) is 2.49. The molecule has 5 heteroatoms. The van der Waals surface area contributed by atoms with Gasteiger partial charge in [-0.25, -0.2) is 0 Å². The van der Waals surface area contributed by atoms with Gasteiger partial charge in [-0.3, -0.25) is 10.1 Å². The Kier molecular flexibility index (Phi) is 4.50. The zero-order valence-electron chi connectivity index (χ0n) is 11.0. The van der Waals surface area contributed by atoms with Gasteiger partial charge in [0.25, 0.3) is 5.69 Å². The van der Waals surface area contributed by atoms with Crippen LogP contribution in [0.15, 0.2) is 24.3 Å². The monoisotopic (exact) mass is 264 g/mol. The molecule has 0 radical (unpaired) electrons. The largest absolute Gasteiger partial charge is 0.375 e. The van der Waals surface area contributed by atoms with Crippen LogP contribution < -0.4 is 5.73 Å². The fourth-order valence-corrected chi connectivity index (χ4v) is 2.49. The molecule has 0 heterocycles. The molecule has 0 bridgehead atoms. The number of hydrogen-bond donors (Lipinski definition) is 1. The zero-order valence-corrected chi connectivity index (χ0v) is 11.0. The molecule has 1 aromatic rings. The first-order valence-corrected chi connectivity index (χ1v) is 6.69. The average molecular weight is 264 g/mol. The summed E-state index contributed by atoms with van der Waals surface area (Å²) < 4.78 is 5.67. The van der Waals surface area contributed by atoms with E-state index in [0.717, 1.165) is 18.4 Å². The van der Waals surface area contributed by atoms with E-state index < -0.39 is 4.92 Å². The van der Waals surface area contributed by atoms with Crippen LogP contribution in [0, 0.1) is 10.1 Å². The van der Waals surface area contributed by atoms with Gasteiger partial charge in [0.15, 0.2) is 0 Å². The molecular formula is C14H20N2O3. The molecule has 0 unspecified atom stereocenters. The zero-order chi connectivity index (χ0) is 13.7. The van der Waals surface area contributed by atoms with Crippen molar-refractivity contribution in [1.29, 1.82) is 0 Å². The summed E-state index contributed by atoms with van der Waals surface area (Å²) in [7, 11) is 0. The van der Waals surface area contributed by atoms with Crippen LogP contribution in [0.25, 0.3) is 0 Å². The van der Waals surface area contributed by atoms with Gasteiger partial charge in [0, 0.05) is 17.7 Å². The van der Waals surface area contributed by atoms with Crippen molar-refractivity contribution < 1.29 is 9.66 Å². The van der Waals surface area contributed by atoms with Crippen molar-refractivity contribution in [3.63, 3.8) is 0 Å². The Morgan fingerprint density at radius 2 is 1.84 bits per heavy atom. The van der Waals surface area contributed by atoms with Gasteiger partial charge < -0.3 is 10.5 Å². The van der Waals surface area contributed by atoms with E-state index in [4.69, 9.17) is 10.5 Å². The maximum absolute atomic E-state index is 10.5. The third kappa shape index (κ3) is 4.01. The summed E-state index contributed by atoms with van der Waals surface area (Å²) in [5, 5.41) is 10.5. The summed E-state index contributed by atoms with van der Waals surface area (Å²) in [5.41, 5.74) is 7.13. The molecule has 0 atom stereocenters. The minimum atomic E-state index is -0.401. The number of ether oxygens (including phenoxy) is 1. The Morgan fingerprint density at radius 1 is 1.21 bits per heavy atom. The molecule has 1 aliphatic carbocycles. The average Bonchev–Trinajstić information content (AvgIpc) is 2.40. The lowest BCUT2D eigenvalue weighted by Crippen LogP contribution is -2.46. The molecule has 1 fully saturated rings. The van der Waals surface area contributed by atoms with Crippen LogP contribution in [0.1, 0.15) is 37.7 Å². The normalized spacial score (nSPS) is 18.2. The summed E-state index contributed by atoms with van der Waals surface area (Å²) in [6.07, 6.45) is 5.66. The van der Waals surface area contributed by atoms with Crippen molar-refractivity contribution in [2.75, 3.05) is 6.61 Å². The summed E-state index contributed by atoms with van der Waals surface area (Å²) >= 11 is 0. The molecule has 1 saturated carbocycles. The Bertz CT molecular complexity index is 425. The minimum absolute atomic E-state index is 0.103. The predicted octanol–water partition coefficient (Wildman–Crippen LogP) is 2.77. The van der Waals surface area contributed by atoms with E-state index in [0.29, 0.717) is 13.2 Å². The molecule has 2 N–H and O–H groups in total. The molecule has 0 spiro atoms. The van der Waals surface area contributed by atoms with Crippen molar-refractivity contribution in [2.24, 2.45) is 5.73 Å². The van der Waals surface area contributed by atoms with Crippen molar-refractivity contribution in [2.45, 2.75) is 44.2 Å². The number of rotatable bonds is 5. The molecule has 0 saturated heterocycles. The van der Waals surface area contributed by atoms with Crippen molar-refractivity contribution in [3.05, 3.63) is 39.9 Å². The van der Waals surface area contributed by atoms with E-state index in [1.54, 1.807) is 12.1 Å². The quantitative estimate of drug-likeness (QED) is 0.655. The minimum Gasteiger partial charge on any atom is -0.375 e. The summed E-state index contributed by atoms with van der Waals surface area (Å²) in [6, 6.07) is 6.44. The first-order chi connectivity index (χ1) is 9.09. The number of nitro benzene ring substituents is 1. The molecule has 104 valence electrons. The predicted molar refractivity (Wildman–Crippen MR) is 72.8 cm³/mol. The maximum atomic E-state index is 10.5. The highest BCUT2D eigenvalue weighted by Crippen LogP contribution is 2.26. The van der Waals surface area contributed by atoms with Crippen molar-refractivity contribution >= 4 is 5.69 Å². The molecular weight excluding hydrogens is 244 g/mol. The van der Waals surface area contributed by atoms with Gasteiger partial charge in [-0.1, -0.05) is 19.3 Å². The molecule has 1 aromatic carbocycles. The molecule has 0 aromatic heterocycles. The van der Waals surface area contributed by atoms with E-state index in [1.807, 2.05) is 0 Å². The number of nitrogens with two attached hydrogens (primary N) is 1. The lowest BCUT2D eigenvalue weighted by molar-refractivity contribution is -0.384. The third-order valence-corrected chi connectivity index (χ3v) is 3.65. The molecule has 19 heavy (non-hydrogen) atoms. The Labute approximate surface area is 112 Å². The van der Waals surface area contributed by atoms with Gasteiger partial charge >= 0.3 is 0 Å². The van der Waals surface area contributed by atoms with Gasteiger partial charge in [-0.15, -0.1) is 0 Å². The number of hydrogen-bond acceptors (Lipinski definition) is 4. The van der Waals surface area contributed by atoms with E-state index in [2.05, 4.69) is 0 Å². The van der Waals surface area contributed by atoms with Crippen LogP contribution in [-0.2, 0) is 11.3 Å². The first kappa shape index (κ1) is 14.0. The highest BCUT2D eigenvalue weighted by atomic mass is 16.6. The topological polar surface area (TPSA) is 78.4 Å². The first-order valence-electron chi connectivity index (χ1n) is 6.69. The van der Waals surface area contributed by atoms with Crippen LogP contribution in [0.4, 0.5) is 5.69 Å². The van der Waals surface area contributed by atoms with Crippen LogP contribution >= 0.6 is 0 Å². The molecule has 1 aliphatic rings. The molecule has 2 rings (SSSR count). The maximum Gasteiger partial charge on any atom is 0.269 e. The summed E-state index contributed by atoms with van der Waals surface area (Å²) in [5.74, 6) is 0. The molecule has 5 nitrogen and oxygen atoms in total. The smallest absolute Gasteiger partial charge is 0.269 e. The van der Waals surface area contributed by atoms with Crippen LogP contribution in [0.5, 0.6) is 0 Å². The number of non-ortho nitro benzene ring substituents is 1. The molecule has 0 amide bonds. The third-order valence-electron chi connectivity index (χ3n) is 3.65. The second kappa shape index (κ2) is 6.12.